The zero-order valence-electron chi connectivity index (χ0n) is 12.5. The Hall–Kier alpha value is -1.53. The van der Waals surface area contributed by atoms with Gasteiger partial charge in [0.1, 0.15) is 12.4 Å². The minimum Gasteiger partial charge on any atom is -0.338 e. The Morgan fingerprint density at radius 1 is 1.41 bits per heavy atom. The summed E-state index contributed by atoms with van der Waals surface area (Å²) in [5.74, 6) is 1.51. The Morgan fingerprint density at radius 3 is 2.77 bits per heavy atom. The van der Waals surface area contributed by atoms with Crippen LogP contribution in [0.25, 0.3) is 0 Å². The van der Waals surface area contributed by atoms with Crippen molar-refractivity contribution in [3.05, 3.63) is 18.2 Å². The molecular formula is C15H20F3N3O. The Bertz CT molecular complexity index is 554. The lowest BCUT2D eigenvalue weighted by molar-refractivity contribution is -0.141. The topological polar surface area (TPSA) is 38.1 Å². The van der Waals surface area contributed by atoms with Crippen molar-refractivity contribution in [1.29, 1.82) is 0 Å². The molecule has 2 fully saturated rings. The Morgan fingerprint density at radius 2 is 2.18 bits per heavy atom. The van der Waals surface area contributed by atoms with Crippen LogP contribution in [0.3, 0.4) is 0 Å². The fourth-order valence-electron chi connectivity index (χ4n) is 3.95. The summed E-state index contributed by atoms with van der Waals surface area (Å²) in [5, 5.41) is 0. The number of aromatic nitrogens is 2. The molecule has 2 saturated carbocycles. The molecule has 1 amide bonds. The molecule has 3 atom stereocenters. The van der Waals surface area contributed by atoms with Crippen LogP contribution in [0.1, 0.15) is 31.5 Å². The standard InChI is InChI=1S/C15H20F3N3O/c1-20(14(22)12-7-10-2-3-11(12)6-10)8-13-19-4-5-21(13)9-15(16,17)18/h4-5,10-12H,2-3,6-9H2,1H3/t10-,11-,12-/m0/s1. The van der Waals surface area contributed by atoms with Crippen LogP contribution in [0.2, 0.25) is 0 Å². The monoisotopic (exact) mass is 315 g/mol. The van der Waals surface area contributed by atoms with E-state index in [1.807, 2.05) is 0 Å². The molecule has 1 aromatic rings. The molecule has 4 nitrogen and oxygen atoms in total. The van der Waals surface area contributed by atoms with Crippen molar-refractivity contribution in [1.82, 2.24) is 14.5 Å². The molecular weight excluding hydrogens is 295 g/mol. The van der Waals surface area contributed by atoms with Gasteiger partial charge in [0.15, 0.2) is 0 Å². The van der Waals surface area contributed by atoms with Gasteiger partial charge in [-0.3, -0.25) is 4.79 Å². The number of halogens is 3. The molecule has 2 aliphatic rings. The summed E-state index contributed by atoms with van der Waals surface area (Å²) in [6.45, 7) is -0.950. The maximum absolute atomic E-state index is 12.5. The third-order valence-electron chi connectivity index (χ3n) is 4.96. The van der Waals surface area contributed by atoms with Gasteiger partial charge in [0.2, 0.25) is 5.91 Å². The number of alkyl halides is 3. The minimum atomic E-state index is -4.29. The zero-order chi connectivity index (χ0) is 15.9. The van der Waals surface area contributed by atoms with Gasteiger partial charge >= 0.3 is 6.18 Å². The maximum atomic E-state index is 12.5. The average Bonchev–Trinajstić information content (AvgIpc) is 3.13. The third kappa shape index (κ3) is 3.13. The second kappa shape index (κ2) is 5.59. The summed E-state index contributed by atoms with van der Waals surface area (Å²) in [5.41, 5.74) is 0. The van der Waals surface area contributed by atoms with Crippen molar-refractivity contribution in [3.8, 4) is 0 Å². The van der Waals surface area contributed by atoms with Crippen LogP contribution in [0.4, 0.5) is 13.2 Å². The predicted molar refractivity (Wildman–Crippen MR) is 73.7 cm³/mol. The zero-order valence-corrected chi connectivity index (χ0v) is 12.5. The molecule has 0 saturated heterocycles. The average molecular weight is 315 g/mol. The van der Waals surface area contributed by atoms with Crippen LogP contribution in [-0.2, 0) is 17.9 Å². The molecule has 7 heteroatoms. The Balaban J connectivity index is 1.63. The van der Waals surface area contributed by atoms with Crippen molar-refractivity contribution >= 4 is 5.91 Å². The van der Waals surface area contributed by atoms with E-state index in [0.717, 1.165) is 23.8 Å². The van der Waals surface area contributed by atoms with Gasteiger partial charge < -0.3 is 9.47 Å². The van der Waals surface area contributed by atoms with Crippen LogP contribution < -0.4 is 0 Å². The van der Waals surface area contributed by atoms with E-state index in [1.165, 1.54) is 23.7 Å². The van der Waals surface area contributed by atoms with Crippen LogP contribution in [0.15, 0.2) is 12.4 Å². The van der Waals surface area contributed by atoms with E-state index in [0.29, 0.717) is 11.8 Å². The highest BCUT2D eigenvalue weighted by molar-refractivity contribution is 5.79. The van der Waals surface area contributed by atoms with E-state index in [-0.39, 0.29) is 24.2 Å². The molecule has 1 aromatic heterocycles. The van der Waals surface area contributed by atoms with Gasteiger partial charge in [-0.1, -0.05) is 6.42 Å². The van der Waals surface area contributed by atoms with Crippen molar-refractivity contribution in [2.24, 2.45) is 17.8 Å². The highest BCUT2D eigenvalue weighted by atomic mass is 19.4. The third-order valence-corrected chi connectivity index (χ3v) is 4.96. The van der Waals surface area contributed by atoms with Gasteiger partial charge in [-0.15, -0.1) is 0 Å². The number of imidazole rings is 1. The van der Waals surface area contributed by atoms with Crippen molar-refractivity contribution in [2.75, 3.05) is 7.05 Å². The summed E-state index contributed by atoms with van der Waals surface area (Å²) in [6, 6.07) is 0. The van der Waals surface area contributed by atoms with E-state index in [4.69, 9.17) is 0 Å². The van der Waals surface area contributed by atoms with Gasteiger partial charge in [-0.25, -0.2) is 4.98 Å². The lowest BCUT2D eigenvalue weighted by Crippen LogP contribution is -2.36. The van der Waals surface area contributed by atoms with Gasteiger partial charge in [-0.2, -0.15) is 13.2 Å². The molecule has 0 radical (unpaired) electrons. The molecule has 22 heavy (non-hydrogen) atoms. The number of amides is 1. The number of nitrogens with zero attached hydrogens (tertiary/aromatic N) is 3. The van der Waals surface area contributed by atoms with E-state index in [1.54, 1.807) is 7.05 Å². The molecule has 0 spiro atoms. The first-order chi connectivity index (χ1) is 10.3. The normalized spacial score (nSPS) is 27.4. The molecule has 122 valence electrons. The SMILES string of the molecule is CN(Cc1nccn1CC(F)(F)F)C(=O)[C@H]1C[C@H]2CC[C@H]1C2. The molecule has 3 rings (SSSR count). The van der Waals surface area contributed by atoms with Crippen molar-refractivity contribution in [2.45, 2.75) is 44.9 Å². The van der Waals surface area contributed by atoms with E-state index in [2.05, 4.69) is 4.98 Å². The van der Waals surface area contributed by atoms with Crippen LogP contribution in [-0.4, -0.2) is 33.6 Å². The summed E-state index contributed by atoms with van der Waals surface area (Å²) in [7, 11) is 1.65. The number of fused-ring (bicyclic) bond motifs is 2. The summed E-state index contributed by atoms with van der Waals surface area (Å²) >= 11 is 0. The van der Waals surface area contributed by atoms with Gasteiger partial charge in [0.25, 0.3) is 0 Å². The van der Waals surface area contributed by atoms with Crippen molar-refractivity contribution in [3.63, 3.8) is 0 Å². The van der Waals surface area contributed by atoms with E-state index in [9.17, 15) is 18.0 Å². The predicted octanol–water partition coefficient (Wildman–Crippen LogP) is 2.84. The number of carbonyl (C=O) groups is 1. The van der Waals surface area contributed by atoms with E-state index < -0.39 is 12.7 Å². The minimum absolute atomic E-state index is 0.0498. The lowest BCUT2D eigenvalue weighted by Gasteiger charge is -2.26. The number of rotatable bonds is 4. The van der Waals surface area contributed by atoms with Crippen LogP contribution in [0.5, 0.6) is 0 Å². The van der Waals surface area contributed by atoms with Crippen LogP contribution >= 0.6 is 0 Å². The fraction of sp³-hybridized carbons (Fsp3) is 0.733. The Labute approximate surface area is 127 Å². The second-order valence-corrected chi connectivity index (χ2v) is 6.56. The number of hydrogen-bond acceptors (Lipinski definition) is 2. The Kier molecular flexibility index (Phi) is 3.91. The van der Waals surface area contributed by atoms with Crippen LogP contribution in [0, 0.1) is 17.8 Å². The van der Waals surface area contributed by atoms with Gasteiger partial charge in [0.05, 0.1) is 6.54 Å². The molecule has 0 N–H and O–H groups in total. The smallest absolute Gasteiger partial charge is 0.338 e. The largest absolute Gasteiger partial charge is 0.406 e. The fourth-order valence-corrected chi connectivity index (χ4v) is 3.95. The molecule has 0 aliphatic heterocycles. The number of hydrogen-bond donors (Lipinski definition) is 0. The quantitative estimate of drug-likeness (QED) is 0.857. The second-order valence-electron chi connectivity index (χ2n) is 6.56. The molecule has 0 aromatic carbocycles. The molecule has 2 bridgehead atoms. The summed E-state index contributed by atoms with van der Waals surface area (Å²) < 4.78 is 38.6. The first-order valence-corrected chi connectivity index (χ1v) is 7.65. The van der Waals surface area contributed by atoms with Crippen molar-refractivity contribution < 1.29 is 18.0 Å². The van der Waals surface area contributed by atoms with E-state index >= 15 is 0 Å². The molecule has 2 aliphatic carbocycles. The highest BCUT2D eigenvalue weighted by Gasteiger charge is 2.44. The summed E-state index contributed by atoms with van der Waals surface area (Å²) in [6.07, 6.45) is 2.75. The first kappa shape index (κ1) is 15.4. The first-order valence-electron chi connectivity index (χ1n) is 7.65. The summed E-state index contributed by atoms with van der Waals surface area (Å²) in [4.78, 5) is 18.0. The number of carbonyl (C=O) groups excluding carboxylic acids is 1. The van der Waals surface area contributed by atoms with Gasteiger partial charge in [-0.05, 0) is 31.1 Å². The molecule has 1 heterocycles. The maximum Gasteiger partial charge on any atom is 0.406 e. The highest BCUT2D eigenvalue weighted by Crippen LogP contribution is 2.48. The lowest BCUT2D eigenvalue weighted by atomic mass is 9.88. The molecule has 0 unspecified atom stereocenters. The van der Waals surface area contributed by atoms with Gasteiger partial charge in [0, 0.05) is 25.4 Å².